The zero-order chi connectivity index (χ0) is 20.2. The first-order valence-electron chi connectivity index (χ1n) is 9.84. The minimum atomic E-state index is -0.268. The van der Waals surface area contributed by atoms with Crippen molar-refractivity contribution in [3.63, 3.8) is 0 Å². The van der Waals surface area contributed by atoms with Crippen LogP contribution in [0.25, 0.3) is 11.6 Å². The van der Waals surface area contributed by atoms with Gasteiger partial charge in [0.05, 0.1) is 0 Å². The van der Waals surface area contributed by atoms with Gasteiger partial charge in [0, 0.05) is 25.4 Å². The molecule has 1 aliphatic carbocycles. The van der Waals surface area contributed by atoms with E-state index in [1.54, 1.807) is 18.5 Å². The molecule has 0 fully saturated rings. The highest BCUT2D eigenvalue weighted by Gasteiger charge is 2.35. The number of amides is 1. The molecule has 4 heteroatoms. The third-order valence-electron chi connectivity index (χ3n) is 5.58. The van der Waals surface area contributed by atoms with Crippen molar-refractivity contribution in [2.45, 2.75) is 25.8 Å². The number of fused-ring (bicyclic) bond motifs is 1. The van der Waals surface area contributed by atoms with Crippen molar-refractivity contribution in [3.8, 4) is 0 Å². The molecule has 0 saturated carbocycles. The Kier molecular flexibility index (Phi) is 5.52. The fourth-order valence-electron chi connectivity index (χ4n) is 4.04. The number of pyridine rings is 1. The second-order valence-electron chi connectivity index (χ2n) is 7.47. The maximum atomic E-state index is 14.0. The zero-order valence-corrected chi connectivity index (χ0v) is 16.3. The van der Waals surface area contributed by atoms with Gasteiger partial charge in [0.25, 0.3) is 0 Å². The summed E-state index contributed by atoms with van der Waals surface area (Å²) in [4.78, 5) is 16.7. The maximum Gasteiger partial charge on any atom is 0.220 e. The SMILES string of the molecule is CC1/C(=C/c2ccncc2)c2ccc(F)cc2C1CC(=O)NCc1ccccc1. The highest BCUT2D eigenvalue weighted by molar-refractivity contribution is 5.89. The first-order valence-corrected chi connectivity index (χ1v) is 9.84. The molecular formula is C25H23FN2O. The van der Waals surface area contributed by atoms with Crippen LogP contribution in [0.15, 0.2) is 73.1 Å². The van der Waals surface area contributed by atoms with E-state index in [1.165, 1.54) is 6.07 Å². The first kappa shape index (κ1) is 19.1. The molecule has 2 unspecified atom stereocenters. The second kappa shape index (κ2) is 8.39. The topological polar surface area (TPSA) is 42.0 Å². The minimum Gasteiger partial charge on any atom is -0.352 e. The Hall–Kier alpha value is -3.27. The smallest absolute Gasteiger partial charge is 0.220 e. The van der Waals surface area contributed by atoms with Crippen LogP contribution in [0, 0.1) is 11.7 Å². The molecule has 0 radical (unpaired) electrons. The predicted octanol–water partition coefficient (Wildman–Crippen LogP) is 5.20. The fourth-order valence-corrected chi connectivity index (χ4v) is 4.04. The van der Waals surface area contributed by atoms with Crippen LogP contribution in [0.1, 0.15) is 41.5 Å². The zero-order valence-electron chi connectivity index (χ0n) is 16.3. The Morgan fingerprint density at radius 3 is 2.62 bits per heavy atom. The Morgan fingerprint density at radius 1 is 1.10 bits per heavy atom. The van der Waals surface area contributed by atoms with Gasteiger partial charge in [-0.15, -0.1) is 0 Å². The lowest BCUT2D eigenvalue weighted by Gasteiger charge is -2.17. The van der Waals surface area contributed by atoms with Crippen molar-refractivity contribution in [2.75, 3.05) is 0 Å². The Bertz CT molecular complexity index is 1030. The monoisotopic (exact) mass is 386 g/mol. The van der Waals surface area contributed by atoms with E-state index in [-0.39, 0.29) is 23.6 Å². The summed E-state index contributed by atoms with van der Waals surface area (Å²) >= 11 is 0. The fraction of sp³-hybridized carbons (Fsp3) is 0.200. The quantitative estimate of drug-likeness (QED) is 0.655. The number of carbonyl (C=O) groups is 1. The van der Waals surface area contributed by atoms with Gasteiger partial charge in [0.15, 0.2) is 0 Å². The van der Waals surface area contributed by atoms with E-state index in [2.05, 4.69) is 23.3 Å². The van der Waals surface area contributed by atoms with Crippen LogP contribution in [-0.2, 0) is 11.3 Å². The highest BCUT2D eigenvalue weighted by atomic mass is 19.1. The predicted molar refractivity (Wildman–Crippen MR) is 113 cm³/mol. The van der Waals surface area contributed by atoms with E-state index < -0.39 is 0 Å². The summed E-state index contributed by atoms with van der Waals surface area (Å²) in [6, 6.07) is 18.6. The third-order valence-corrected chi connectivity index (χ3v) is 5.58. The van der Waals surface area contributed by atoms with Gasteiger partial charge in [-0.3, -0.25) is 9.78 Å². The van der Waals surface area contributed by atoms with Gasteiger partial charge in [-0.1, -0.05) is 49.4 Å². The molecule has 1 amide bonds. The van der Waals surface area contributed by atoms with Crippen molar-refractivity contribution in [1.29, 1.82) is 0 Å². The summed E-state index contributed by atoms with van der Waals surface area (Å²) in [6.45, 7) is 2.61. The van der Waals surface area contributed by atoms with Gasteiger partial charge in [-0.25, -0.2) is 4.39 Å². The third kappa shape index (κ3) is 4.27. The molecule has 1 aromatic heterocycles. The van der Waals surface area contributed by atoms with Gasteiger partial charge in [-0.2, -0.15) is 0 Å². The average Bonchev–Trinajstić information content (AvgIpc) is 2.99. The lowest BCUT2D eigenvalue weighted by molar-refractivity contribution is -0.121. The van der Waals surface area contributed by atoms with Crippen LogP contribution in [0.3, 0.4) is 0 Å². The van der Waals surface area contributed by atoms with E-state index in [0.29, 0.717) is 13.0 Å². The van der Waals surface area contributed by atoms with Crippen LogP contribution < -0.4 is 5.32 Å². The number of benzene rings is 2. The highest BCUT2D eigenvalue weighted by Crippen LogP contribution is 2.48. The summed E-state index contributed by atoms with van der Waals surface area (Å²) < 4.78 is 14.0. The molecule has 1 aliphatic rings. The lowest BCUT2D eigenvalue weighted by atomic mass is 9.88. The molecule has 3 aromatic rings. The molecule has 29 heavy (non-hydrogen) atoms. The molecule has 1 heterocycles. The van der Waals surface area contributed by atoms with Crippen molar-refractivity contribution in [3.05, 3.63) is 101 Å². The lowest BCUT2D eigenvalue weighted by Crippen LogP contribution is -2.25. The number of hydrogen-bond donors (Lipinski definition) is 1. The first-order chi connectivity index (χ1) is 14.1. The molecule has 0 bridgehead atoms. The molecule has 1 N–H and O–H groups in total. The van der Waals surface area contributed by atoms with E-state index in [1.807, 2.05) is 48.5 Å². The largest absolute Gasteiger partial charge is 0.352 e. The molecule has 146 valence electrons. The standard InChI is InChI=1S/C25H23FN2O/c1-17-22(13-18-9-11-27-12-10-18)21-8-7-20(26)14-24(21)23(17)15-25(29)28-16-19-5-3-2-4-6-19/h2-14,17,23H,15-16H2,1H3,(H,28,29)/b22-13-. The van der Waals surface area contributed by atoms with Crippen molar-refractivity contribution in [2.24, 2.45) is 5.92 Å². The molecular weight excluding hydrogens is 363 g/mol. The molecule has 4 rings (SSSR count). The minimum absolute atomic E-state index is 0.0222. The van der Waals surface area contributed by atoms with E-state index in [9.17, 15) is 9.18 Å². The Balaban J connectivity index is 1.56. The number of hydrogen-bond acceptors (Lipinski definition) is 2. The van der Waals surface area contributed by atoms with Gasteiger partial charge in [-0.05, 0) is 63.9 Å². The number of carbonyl (C=O) groups excluding carboxylic acids is 1. The normalized spacial score (nSPS) is 19.2. The number of halogens is 1. The van der Waals surface area contributed by atoms with E-state index in [0.717, 1.165) is 27.8 Å². The second-order valence-corrected chi connectivity index (χ2v) is 7.47. The van der Waals surface area contributed by atoms with Crippen molar-refractivity contribution in [1.82, 2.24) is 10.3 Å². The molecule has 2 aromatic carbocycles. The van der Waals surface area contributed by atoms with Crippen LogP contribution in [-0.4, -0.2) is 10.9 Å². The summed E-state index contributed by atoms with van der Waals surface area (Å²) in [5.74, 6) is -0.228. The van der Waals surface area contributed by atoms with Crippen LogP contribution in [0.2, 0.25) is 0 Å². The van der Waals surface area contributed by atoms with E-state index in [4.69, 9.17) is 0 Å². The Labute approximate surface area is 170 Å². The average molecular weight is 386 g/mol. The van der Waals surface area contributed by atoms with E-state index >= 15 is 0 Å². The van der Waals surface area contributed by atoms with Gasteiger partial charge in [0.1, 0.15) is 5.82 Å². The van der Waals surface area contributed by atoms with Crippen LogP contribution in [0.4, 0.5) is 4.39 Å². The van der Waals surface area contributed by atoms with Crippen LogP contribution >= 0.6 is 0 Å². The van der Waals surface area contributed by atoms with Gasteiger partial charge in [0.2, 0.25) is 5.91 Å². The molecule has 2 atom stereocenters. The molecule has 0 saturated heterocycles. The van der Waals surface area contributed by atoms with Crippen molar-refractivity contribution >= 4 is 17.6 Å². The van der Waals surface area contributed by atoms with Gasteiger partial charge >= 0.3 is 0 Å². The summed E-state index contributed by atoms with van der Waals surface area (Å²) in [7, 11) is 0. The molecule has 3 nitrogen and oxygen atoms in total. The number of rotatable bonds is 5. The number of nitrogens with zero attached hydrogens (tertiary/aromatic N) is 1. The summed E-state index contributed by atoms with van der Waals surface area (Å²) in [5, 5.41) is 3.00. The maximum absolute atomic E-state index is 14.0. The summed E-state index contributed by atoms with van der Waals surface area (Å²) in [6.07, 6.45) is 5.96. The van der Waals surface area contributed by atoms with Crippen molar-refractivity contribution < 1.29 is 9.18 Å². The number of allylic oxidation sites excluding steroid dienone is 1. The summed E-state index contributed by atoms with van der Waals surface area (Å²) in [5.41, 5.74) is 5.17. The number of nitrogens with one attached hydrogen (secondary N) is 1. The number of aromatic nitrogens is 1. The molecule has 0 spiro atoms. The van der Waals surface area contributed by atoms with Crippen LogP contribution in [0.5, 0.6) is 0 Å². The van der Waals surface area contributed by atoms with Gasteiger partial charge < -0.3 is 5.32 Å². The molecule has 0 aliphatic heterocycles. The Morgan fingerprint density at radius 2 is 1.86 bits per heavy atom.